The summed E-state index contributed by atoms with van der Waals surface area (Å²) < 4.78 is 24.0. The third-order valence-electron chi connectivity index (χ3n) is 7.23. The first-order valence-electron chi connectivity index (χ1n) is 10.0. The van der Waals surface area contributed by atoms with Gasteiger partial charge in [-0.15, -0.1) is 0 Å². The molecule has 1 aromatic carbocycles. The van der Waals surface area contributed by atoms with E-state index in [1.807, 2.05) is 24.3 Å². The molecule has 3 saturated carbocycles. The van der Waals surface area contributed by atoms with Gasteiger partial charge < -0.3 is 18.8 Å². The number of ether oxygens (including phenoxy) is 2. The second-order valence-corrected chi connectivity index (χ2v) is 10.2. The second kappa shape index (κ2) is 7.36. The normalized spacial score (nSPS) is 34.7. The van der Waals surface area contributed by atoms with Crippen LogP contribution in [0.25, 0.3) is 0 Å². The third kappa shape index (κ3) is 3.47. The van der Waals surface area contributed by atoms with E-state index in [-0.39, 0.29) is 23.5 Å². The topological polar surface area (TPSA) is 36.9 Å². The minimum Gasteiger partial charge on any atom is -0.497 e. The molecule has 27 heavy (non-hydrogen) atoms. The fraction of sp³-hybridized carbons (Fsp3) is 0.714. The van der Waals surface area contributed by atoms with Crippen LogP contribution < -0.4 is 4.74 Å². The molecule has 0 spiro atoms. The molecule has 5 rings (SSSR count). The summed E-state index contributed by atoms with van der Waals surface area (Å²) in [7, 11) is 1.50. The van der Waals surface area contributed by atoms with Gasteiger partial charge in [0.25, 0.3) is 0 Å². The van der Waals surface area contributed by atoms with Gasteiger partial charge in [0.2, 0.25) is 0 Å². The Kier molecular flexibility index (Phi) is 5.38. The van der Waals surface area contributed by atoms with Crippen LogP contribution in [0.4, 0.5) is 0 Å². The average molecular weight is 437 g/mol. The molecule has 6 heteroatoms. The van der Waals surface area contributed by atoms with Crippen molar-refractivity contribution in [1.82, 2.24) is 0 Å². The predicted octanol–water partition coefficient (Wildman–Crippen LogP) is 4.63. The Morgan fingerprint density at radius 1 is 1.22 bits per heavy atom. The minimum atomic E-state index is -0.181. The van der Waals surface area contributed by atoms with Crippen LogP contribution in [0, 0.1) is 17.3 Å². The summed E-state index contributed by atoms with van der Waals surface area (Å²) in [5.41, 5.74) is 1.39. The summed E-state index contributed by atoms with van der Waals surface area (Å²) in [5, 5.41) is 0. The standard InChI is InChI=1S/C21H30BBrO4/c1-20(2)15-11-17(20)21(3)18(12-15)26-22(27-21)19(23)9-10-25-13-14-5-7-16(24-4)8-6-14/h5-8,15,17-19H,9-13H2,1-4H3/t15-,17-,18+,19+,21-/m0/s1. The Hall–Kier alpha value is -0.555. The van der Waals surface area contributed by atoms with Gasteiger partial charge in [-0.3, -0.25) is 0 Å². The molecule has 3 aliphatic carbocycles. The van der Waals surface area contributed by atoms with E-state index >= 15 is 0 Å². The van der Waals surface area contributed by atoms with Crippen molar-refractivity contribution in [3.8, 4) is 5.75 Å². The van der Waals surface area contributed by atoms with Crippen LogP contribution in [0.2, 0.25) is 0 Å². The predicted molar refractivity (Wildman–Crippen MR) is 110 cm³/mol. The molecule has 0 radical (unpaired) electrons. The molecule has 0 aromatic heterocycles. The number of halogens is 1. The molecule has 1 saturated heterocycles. The fourth-order valence-electron chi connectivity index (χ4n) is 5.30. The monoisotopic (exact) mass is 436 g/mol. The first kappa shape index (κ1) is 19.7. The van der Waals surface area contributed by atoms with Crippen molar-refractivity contribution in [1.29, 1.82) is 0 Å². The van der Waals surface area contributed by atoms with Crippen molar-refractivity contribution < 1.29 is 18.8 Å². The molecular weight excluding hydrogens is 407 g/mol. The molecule has 1 aliphatic heterocycles. The lowest BCUT2D eigenvalue weighted by atomic mass is 9.43. The number of benzene rings is 1. The molecule has 5 atom stereocenters. The van der Waals surface area contributed by atoms with Gasteiger partial charge in [0, 0.05) is 6.61 Å². The van der Waals surface area contributed by atoms with Crippen LogP contribution in [-0.2, 0) is 20.7 Å². The van der Waals surface area contributed by atoms with E-state index in [1.165, 1.54) is 6.42 Å². The lowest BCUT2D eigenvalue weighted by Gasteiger charge is -2.64. The van der Waals surface area contributed by atoms with Crippen molar-refractivity contribution in [3.05, 3.63) is 29.8 Å². The molecule has 0 amide bonds. The van der Waals surface area contributed by atoms with Gasteiger partial charge in [-0.05, 0) is 61.1 Å². The summed E-state index contributed by atoms with van der Waals surface area (Å²) in [6.45, 7) is 8.32. The highest BCUT2D eigenvalue weighted by atomic mass is 79.9. The Morgan fingerprint density at radius 2 is 1.96 bits per heavy atom. The zero-order valence-corrected chi connectivity index (χ0v) is 18.3. The smallest absolute Gasteiger partial charge is 0.472 e. The summed E-state index contributed by atoms with van der Waals surface area (Å²) in [5.74, 6) is 2.25. The number of rotatable bonds is 7. The van der Waals surface area contributed by atoms with Gasteiger partial charge in [-0.2, -0.15) is 0 Å². The minimum absolute atomic E-state index is 0.140. The molecule has 0 N–H and O–H groups in total. The number of hydrogen-bond donors (Lipinski definition) is 0. The summed E-state index contributed by atoms with van der Waals surface area (Å²) in [4.78, 5) is 0. The molecule has 2 bridgehead atoms. The lowest BCUT2D eigenvalue weighted by Crippen LogP contribution is -2.65. The van der Waals surface area contributed by atoms with E-state index in [9.17, 15) is 0 Å². The summed E-state index contributed by atoms with van der Waals surface area (Å²) in [6, 6.07) is 7.99. The molecule has 0 unspecified atom stereocenters. The van der Waals surface area contributed by atoms with Crippen molar-refractivity contribution in [2.75, 3.05) is 13.7 Å². The maximum Gasteiger partial charge on any atom is 0.472 e. The highest BCUT2D eigenvalue weighted by Crippen LogP contribution is 2.65. The van der Waals surface area contributed by atoms with Crippen molar-refractivity contribution in [3.63, 3.8) is 0 Å². The maximum atomic E-state index is 6.50. The van der Waals surface area contributed by atoms with E-state index < -0.39 is 0 Å². The van der Waals surface area contributed by atoms with Crippen LogP contribution >= 0.6 is 15.9 Å². The first-order chi connectivity index (χ1) is 12.8. The van der Waals surface area contributed by atoms with Gasteiger partial charge in [0.1, 0.15) is 5.75 Å². The highest BCUT2D eigenvalue weighted by Gasteiger charge is 2.68. The number of alkyl halides is 1. The molecular formula is C21H30BBrO4. The Balaban J connectivity index is 1.24. The van der Waals surface area contributed by atoms with Gasteiger partial charge in [0.05, 0.1) is 30.1 Å². The Morgan fingerprint density at radius 3 is 2.63 bits per heavy atom. The van der Waals surface area contributed by atoms with Crippen LogP contribution in [0.15, 0.2) is 24.3 Å². The largest absolute Gasteiger partial charge is 0.497 e. The van der Waals surface area contributed by atoms with Crippen molar-refractivity contribution in [2.45, 2.75) is 63.1 Å². The van der Waals surface area contributed by atoms with Crippen LogP contribution in [0.1, 0.15) is 45.6 Å². The van der Waals surface area contributed by atoms with Crippen molar-refractivity contribution >= 4 is 23.0 Å². The first-order valence-corrected chi connectivity index (χ1v) is 10.9. The zero-order valence-electron chi connectivity index (χ0n) is 16.7. The van der Waals surface area contributed by atoms with E-state index in [1.54, 1.807) is 7.11 Å². The Bertz CT molecular complexity index is 667. The third-order valence-corrected chi connectivity index (χ3v) is 8.12. The van der Waals surface area contributed by atoms with Gasteiger partial charge in [0.15, 0.2) is 0 Å². The molecule has 1 aromatic rings. The van der Waals surface area contributed by atoms with Crippen LogP contribution in [0.3, 0.4) is 0 Å². The average Bonchev–Trinajstić information content (AvgIpc) is 3.02. The van der Waals surface area contributed by atoms with Crippen molar-refractivity contribution in [2.24, 2.45) is 17.3 Å². The van der Waals surface area contributed by atoms with Gasteiger partial charge >= 0.3 is 7.12 Å². The molecule has 1 heterocycles. The summed E-state index contributed by atoms with van der Waals surface area (Å²) >= 11 is 3.78. The zero-order chi connectivity index (χ0) is 19.2. The van der Waals surface area contributed by atoms with E-state index in [0.717, 1.165) is 30.1 Å². The van der Waals surface area contributed by atoms with E-state index in [2.05, 4.69) is 36.7 Å². The van der Waals surface area contributed by atoms with Gasteiger partial charge in [-0.25, -0.2) is 0 Å². The number of hydrogen-bond acceptors (Lipinski definition) is 4. The Labute approximate surface area is 171 Å². The van der Waals surface area contributed by atoms with Crippen LogP contribution in [-0.4, -0.2) is 37.3 Å². The SMILES string of the molecule is COc1ccc(COCC[C@@H](Br)B2O[C@@H]3C[C@@H]4C[C@@H](C4(C)C)[C@]3(C)O2)cc1. The molecule has 148 valence electrons. The quantitative estimate of drug-likeness (QED) is 0.354. The van der Waals surface area contributed by atoms with E-state index in [0.29, 0.717) is 24.5 Å². The molecule has 4 nitrogen and oxygen atoms in total. The highest BCUT2D eigenvalue weighted by molar-refractivity contribution is 9.10. The second-order valence-electron chi connectivity index (χ2n) is 9.04. The maximum absolute atomic E-state index is 6.50. The summed E-state index contributed by atoms with van der Waals surface area (Å²) in [6.07, 6.45) is 3.51. The van der Waals surface area contributed by atoms with Crippen LogP contribution in [0.5, 0.6) is 5.75 Å². The lowest BCUT2D eigenvalue weighted by molar-refractivity contribution is -0.199. The number of methoxy groups -OCH3 is 1. The van der Waals surface area contributed by atoms with Gasteiger partial charge in [-0.1, -0.05) is 41.9 Å². The molecule has 4 fully saturated rings. The molecule has 4 aliphatic rings. The van der Waals surface area contributed by atoms with E-state index in [4.69, 9.17) is 18.8 Å². The fourth-order valence-corrected chi connectivity index (χ4v) is 5.72.